The summed E-state index contributed by atoms with van der Waals surface area (Å²) in [5.74, 6) is 0. The second-order valence-corrected chi connectivity index (χ2v) is 3.51. The van der Waals surface area contributed by atoms with Crippen LogP contribution in [0.15, 0.2) is 6.07 Å². The molecule has 11 heavy (non-hydrogen) atoms. The summed E-state index contributed by atoms with van der Waals surface area (Å²) in [5.41, 5.74) is 1.08. The molecule has 0 amide bonds. The van der Waals surface area contributed by atoms with E-state index in [-0.39, 0.29) is 9.92 Å². The lowest BCUT2D eigenvalue weighted by molar-refractivity contribution is -0.380. The smallest absolute Gasteiger partial charge is 0.258 e. The van der Waals surface area contributed by atoms with Crippen molar-refractivity contribution in [2.75, 3.05) is 0 Å². The molecular weight excluding hydrogens is 162 g/mol. The predicted octanol–water partition coefficient (Wildman–Crippen LogP) is 2.53. The van der Waals surface area contributed by atoms with Crippen LogP contribution in [0, 0.1) is 17.0 Å². The molecule has 0 aliphatic rings. The van der Waals surface area contributed by atoms with E-state index in [1.807, 2.05) is 13.8 Å². The highest BCUT2D eigenvalue weighted by molar-refractivity contribution is 7.15. The van der Waals surface area contributed by atoms with Gasteiger partial charge in [0.15, 0.2) is 0 Å². The van der Waals surface area contributed by atoms with Crippen LogP contribution >= 0.6 is 11.3 Å². The van der Waals surface area contributed by atoms with E-state index in [4.69, 9.17) is 0 Å². The van der Waals surface area contributed by atoms with Gasteiger partial charge in [0.2, 0.25) is 0 Å². The molecule has 3 nitrogen and oxygen atoms in total. The molecule has 60 valence electrons. The van der Waals surface area contributed by atoms with E-state index in [9.17, 15) is 10.1 Å². The van der Waals surface area contributed by atoms with Gasteiger partial charge in [0.05, 0.1) is 4.92 Å². The molecule has 0 aliphatic heterocycles. The largest absolute Gasteiger partial charge is 0.324 e. The lowest BCUT2D eigenvalue weighted by Gasteiger charge is -1.86. The first kappa shape index (κ1) is 8.20. The molecule has 0 saturated heterocycles. The Morgan fingerprint density at radius 3 is 2.64 bits per heavy atom. The third kappa shape index (κ3) is 1.57. The summed E-state index contributed by atoms with van der Waals surface area (Å²) in [4.78, 5) is 11.0. The van der Waals surface area contributed by atoms with Crippen LogP contribution in [0.4, 0.5) is 5.00 Å². The number of nitrogens with zero attached hydrogens (tertiary/aromatic N) is 1. The van der Waals surface area contributed by atoms with Crippen LogP contribution in [-0.2, 0) is 6.42 Å². The quantitative estimate of drug-likeness (QED) is 0.507. The number of aryl methyl sites for hydroxylation is 2. The number of nitro groups is 1. The van der Waals surface area contributed by atoms with Gasteiger partial charge in [-0.3, -0.25) is 10.1 Å². The predicted molar refractivity (Wildman–Crippen MR) is 45.1 cm³/mol. The SMILES string of the molecule is CCc1cc([N+](=O)[O-])sc1C. The Labute approximate surface area is 68.8 Å². The molecule has 1 aromatic heterocycles. The summed E-state index contributed by atoms with van der Waals surface area (Å²) >= 11 is 1.25. The summed E-state index contributed by atoms with van der Waals surface area (Å²) < 4.78 is 0. The number of thiophene rings is 1. The van der Waals surface area contributed by atoms with Crippen molar-refractivity contribution in [2.45, 2.75) is 20.3 Å². The monoisotopic (exact) mass is 171 g/mol. The van der Waals surface area contributed by atoms with Gasteiger partial charge in [-0.15, -0.1) is 0 Å². The summed E-state index contributed by atoms with van der Waals surface area (Å²) in [7, 11) is 0. The molecule has 0 aromatic carbocycles. The van der Waals surface area contributed by atoms with Gasteiger partial charge in [-0.25, -0.2) is 0 Å². The summed E-state index contributed by atoms with van der Waals surface area (Å²) in [6, 6.07) is 1.65. The van der Waals surface area contributed by atoms with E-state index in [0.29, 0.717) is 0 Å². The molecule has 1 heterocycles. The highest BCUT2D eigenvalue weighted by Gasteiger charge is 2.11. The Hall–Kier alpha value is -0.900. The van der Waals surface area contributed by atoms with Gasteiger partial charge >= 0.3 is 5.00 Å². The van der Waals surface area contributed by atoms with Crippen molar-refractivity contribution in [3.63, 3.8) is 0 Å². The van der Waals surface area contributed by atoms with Crippen molar-refractivity contribution in [1.82, 2.24) is 0 Å². The van der Waals surface area contributed by atoms with Crippen LogP contribution in [0.5, 0.6) is 0 Å². The van der Waals surface area contributed by atoms with Crippen molar-refractivity contribution in [2.24, 2.45) is 0 Å². The van der Waals surface area contributed by atoms with Crippen LogP contribution in [0.25, 0.3) is 0 Å². The third-order valence-corrected chi connectivity index (χ3v) is 2.61. The number of rotatable bonds is 2. The van der Waals surface area contributed by atoms with E-state index < -0.39 is 0 Å². The second-order valence-electron chi connectivity index (χ2n) is 2.28. The van der Waals surface area contributed by atoms with E-state index >= 15 is 0 Å². The molecule has 1 aromatic rings. The zero-order valence-corrected chi connectivity index (χ0v) is 7.27. The maximum atomic E-state index is 10.3. The molecule has 0 unspecified atom stereocenters. The summed E-state index contributed by atoms with van der Waals surface area (Å²) in [6.07, 6.45) is 0.871. The van der Waals surface area contributed by atoms with Gasteiger partial charge in [0, 0.05) is 10.9 Å². The van der Waals surface area contributed by atoms with Gasteiger partial charge in [-0.05, 0) is 18.9 Å². The van der Waals surface area contributed by atoms with E-state index in [1.165, 1.54) is 11.3 Å². The minimum Gasteiger partial charge on any atom is -0.258 e. The van der Waals surface area contributed by atoms with Crippen molar-refractivity contribution in [3.05, 3.63) is 26.6 Å². The fraction of sp³-hybridized carbons (Fsp3) is 0.429. The summed E-state index contributed by atoms with van der Waals surface area (Å²) in [6.45, 7) is 3.91. The fourth-order valence-corrected chi connectivity index (χ4v) is 1.87. The molecule has 0 bridgehead atoms. The fourth-order valence-electron chi connectivity index (χ4n) is 0.944. The van der Waals surface area contributed by atoms with Gasteiger partial charge < -0.3 is 0 Å². The Morgan fingerprint density at radius 1 is 1.73 bits per heavy atom. The van der Waals surface area contributed by atoms with Crippen LogP contribution in [-0.4, -0.2) is 4.92 Å². The van der Waals surface area contributed by atoms with Crippen LogP contribution in [0.2, 0.25) is 0 Å². The number of hydrogen-bond donors (Lipinski definition) is 0. The third-order valence-electron chi connectivity index (χ3n) is 1.57. The molecule has 4 heteroatoms. The first-order valence-electron chi connectivity index (χ1n) is 3.39. The van der Waals surface area contributed by atoms with Gasteiger partial charge in [0.1, 0.15) is 0 Å². The zero-order chi connectivity index (χ0) is 8.43. The second kappa shape index (κ2) is 3.00. The normalized spacial score (nSPS) is 10.0. The number of hydrogen-bond acceptors (Lipinski definition) is 3. The van der Waals surface area contributed by atoms with E-state index in [0.717, 1.165) is 16.9 Å². The minimum absolute atomic E-state index is 0.249. The lowest BCUT2D eigenvalue weighted by Crippen LogP contribution is -1.81. The van der Waals surface area contributed by atoms with Crippen LogP contribution in [0.1, 0.15) is 17.4 Å². The Balaban J connectivity index is 3.05. The Kier molecular flexibility index (Phi) is 2.24. The highest BCUT2D eigenvalue weighted by Crippen LogP contribution is 2.27. The van der Waals surface area contributed by atoms with Gasteiger partial charge in [0.25, 0.3) is 0 Å². The maximum absolute atomic E-state index is 10.3. The first-order valence-corrected chi connectivity index (χ1v) is 4.20. The molecular formula is C7H9NO2S. The van der Waals surface area contributed by atoms with Crippen LogP contribution < -0.4 is 0 Å². The van der Waals surface area contributed by atoms with Crippen molar-refractivity contribution >= 4 is 16.3 Å². The van der Waals surface area contributed by atoms with Gasteiger partial charge in [-0.1, -0.05) is 18.3 Å². The van der Waals surface area contributed by atoms with E-state index in [2.05, 4.69) is 0 Å². The topological polar surface area (TPSA) is 43.1 Å². The molecule has 0 saturated carbocycles. The average Bonchev–Trinajstić information content (AvgIpc) is 2.31. The molecule has 1 rings (SSSR count). The summed E-state index contributed by atoms with van der Waals surface area (Å²) in [5, 5.41) is 10.5. The van der Waals surface area contributed by atoms with Gasteiger partial charge in [-0.2, -0.15) is 0 Å². The molecule has 0 fully saturated rings. The Bertz CT molecular complexity index is 280. The van der Waals surface area contributed by atoms with Crippen LogP contribution in [0.3, 0.4) is 0 Å². The first-order chi connectivity index (χ1) is 5.15. The molecule has 0 spiro atoms. The van der Waals surface area contributed by atoms with E-state index in [1.54, 1.807) is 6.07 Å². The average molecular weight is 171 g/mol. The molecule has 0 radical (unpaired) electrons. The van der Waals surface area contributed by atoms with Crippen molar-refractivity contribution < 1.29 is 4.92 Å². The van der Waals surface area contributed by atoms with Crippen molar-refractivity contribution in [3.8, 4) is 0 Å². The minimum atomic E-state index is -0.336. The molecule has 0 aliphatic carbocycles. The lowest BCUT2D eigenvalue weighted by atomic mass is 10.2. The standard InChI is InChI=1S/C7H9NO2S/c1-3-6-4-7(8(9)10)11-5(6)2/h4H,3H2,1-2H3. The maximum Gasteiger partial charge on any atom is 0.324 e. The molecule has 0 N–H and O–H groups in total. The Morgan fingerprint density at radius 2 is 2.36 bits per heavy atom. The molecule has 0 atom stereocenters. The zero-order valence-electron chi connectivity index (χ0n) is 6.46. The van der Waals surface area contributed by atoms with Crippen molar-refractivity contribution in [1.29, 1.82) is 0 Å². The highest BCUT2D eigenvalue weighted by atomic mass is 32.1.